The van der Waals surface area contributed by atoms with Gasteiger partial charge in [0.1, 0.15) is 11.5 Å². The zero-order chi connectivity index (χ0) is 19.4. The van der Waals surface area contributed by atoms with E-state index in [0.29, 0.717) is 11.1 Å². The average Bonchev–Trinajstić information content (AvgIpc) is 2.65. The smallest absolute Gasteiger partial charge is 0.248 e. The van der Waals surface area contributed by atoms with E-state index in [4.69, 9.17) is 31.2 Å². The van der Waals surface area contributed by atoms with Crippen molar-refractivity contribution in [2.24, 2.45) is 11.5 Å². The summed E-state index contributed by atoms with van der Waals surface area (Å²) in [6.45, 7) is 3.11. The zero-order valence-corrected chi connectivity index (χ0v) is 14.1. The summed E-state index contributed by atoms with van der Waals surface area (Å²) in [5, 5.41) is 17.6. The highest BCUT2D eigenvalue weighted by molar-refractivity contribution is 5.93. The standard InChI is InChI=1S/2C7H7NO2.C4H8O2/c2*8-7(10)5-1-3-6(9)4-2-5;1-2-6-4-3-5-1/h2*1-4,9H,(H2,8,10);1-4H2. The molecule has 1 aliphatic rings. The minimum Gasteiger partial charge on any atom is -0.508 e. The van der Waals surface area contributed by atoms with E-state index in [1.54, 1.807) is 0 Å². The lowest BCUT2D eigenvalue weighted by Crippen LogP contribution is -2.16. The third kappa shape index (κ3) is 8.67. The molecular weight excluding hydrogens is 340 g/mol. The Morgan fingerprint density at radius 1 is 0.654 bits per heavy atom. The van der Waals surface area contributed by atoms with Gasteiger partial charge in [0.25, 0.3) is 0 Å². The summed E-state index contributed by atoms with van der Waals surface area (Å²) >= 11 is 0. The van der Waals surface area contributed by atoms with Crippen LogP contribution in [0.3, 0.4) is 0 Å². The Morgan fingerprint density at radius 3 is 1.12 bits per heavy atom. The fourth-order valence-corrected chi connectivity index (χ4v) is 1.69. The second-order valence-electron chi connectivity index (χ2n) is 5.05. The van der Waals surface area contributed by atoms with Crippen LogP contribution in [-0.2, 0) is 9.47 Å². The quantitative estimate of drug-likeness (QED) is 0.627. The van der Waals surface area contributed by atoms with Gasteiger partial charge in [0.05, 0.1) is 26.4 Å². The van der Waals surface area contributed by atoms with Gasteiger partial charge in [-0.25, -0.2) is 0 Å². The molecule has 0 spiro atoms. The number of phenolic OH excluding ortho intramolecular Hbond substituents is 2. The maximum absolute atomic E-state index is 10.5. The number of aromatic hydroxyl groups is 2. The van der Waals surface area contributed by atoms with Gasteiger partial charge in [0, 0.05) is 11.1 Å². The van der Waals surface area contributed by atoms with Crippen LogP contribution in [0.2, 0.25) is 0 Å². The molecule has 8 nitrogen and oxygen atoms in total. The Labute approximate surface area is 151 Å². The molecule has 1 aliphatic heterocycles. The molecule has 2 aromatic rings. The summed E-state index contributed by atoms with van der Waals surface area (Å²) in [5.74, 6) is -0.713. The summed E-state index contributed by atoms with van der Waals surface area (Å²) < 4.78 is 9.89. The first-order chi connectivity index (χ1) is 12.4. The Balaban J connectivity index is 0.000000201. The predicted molar refractivity (Wildman–Crippen MR) is 94.9 cm³/mol. The fourth-order valence-electron chi connectivity index (χ4n) is 1.69. The second-order valence-corrected chi connectivity index (χ2v) is 5.05. The lowest BCUT2D eigenvalue weighted by atomic mass is 10.2. The lowest BCUT2D eigenvalue weighted by molar-refractivity contribution is -0.0334. The fraction of sp³-hybridized carbons (Fsp3) is 0.222. The predicted octanol–water partition coefficient (Wildman–Crippen LogP) is 1.02. The number of nitrogens with two attached hydrogens (primary N) is 2. The molecule has 0 aliphatic carbocycles. The number of carbonyl (C=O) groups is 2. The molecule has 6 N–H and O–H groups in total. The molecule has 0 radical (unpaired) electrons. The second kappa shape index (κ2) is 11.5. The van der Waals surface area contributed by atoms with Crippen molar-refractivity contribution in [3.05, 3.63) is 59.7 Å². The molecular formula is C18H22N2O6. The van der Waals surface area contributed by atoms with Crippen LogP contribution < -0.4 is 11.5 Å². The van der Waals surface area contributed by atoms with Gasteiger partial charge in [-0.2, -0.15) is 0 Å². The third-order valence-corrected chi connectivity index (χ3v) is 3.05. The minimum absolute atomic E-state index is 0.130. The Hall–Kier alpha value is -3.10. The van der Waals surface area contributed by atoms with Gasteiger partial charge in [0.2, 0.25) is 11.8 Å². The molecule has 0 bridgehead atoms. The SMILES string of the molecule is C1COCCO1.NC(=O)c1ccc(O)cc1.NC(=O)c1ccc(O)cc1. The summed E-state index contributed by atoms with van der Waals surface area (Å²) in [6.07, 6.45) is 0. The summed E-state index contributed by atoms with van der Waals surface area (Å²) in [5.41, 5.74) is 10.7. The molecule has 2 aromatic carbocycles. The molecule has 1 saturated heterocycles. The third-order valence-electron chi connectivity index (χ3n) is 3.05. The lowest BCUT2D eigenvalue weighted by Gasteiger charge is -2.09. The maximum atomic E-state index is 10.5. The Morgan fingerprint density at radius 2 is 0.923 bits per heavy atom. The van der Waals surface area contributed by atoms with Crippen LogP contribution in [0.1, 0.15) is 20.7 Å². The van der Waals surface area contributed by atoms with E-state index in [2.05, 4.69) is 0 Å². The number of hydrogen-bond acceptors (Lipinski definition) is 6. The van der Waals surface area contributed by atoms with Crippen molar-refractivity contribution in [3.63, 3.8) is 0 Å². The van der Waals surface area contributed by atoms with Gasteiger partial charge < -0.3 is 31.2 Å². The molecule has 3 rings (SSSR count). The van der Waals surface area contributed by atoms with Gasteiger partial charge in [-0.1, -0.05) is 0 Å². The number of carbonyl (C=O) groups excluding carboxylic acids is 2. The summed E-state index contributed by atoms with van der Waals surface area (Å²) in [4.78, 5) is 20.9. The van der Waals surface area contributed by atoms with Crippen molar-refractivity contribution in [3.8, 4) is 11.5 Å². The molecule has 0 saturated carbocycles. The minimum atomic E-state index is -0.486. The monoisotopic (exact) mass is 362 g/mol. The van der Waals surface area contributed by atoms with Gasteiger partial charge in [-0.3, -0.25) is 9.59 Å². The molecule has 0 atom stereocenters. The number of ether oxygens (including phenoxy) is 2. The topological polar surface area (TPSA) is 145 Å². The van der Waals surface area contributed by atoms with Crippen LogP contribution in [0.15, 0.2) is 48.5 Å². The number of amides is 2. The molecule has 8 heteroatoms. The van der Waals surface area contributed by atoms with Crippen molar-refractivity contribution >= 4 is 11.8 Å². The van der Waals surface area contributed by atoms with E-state index in [9.17, 15) is 9.59 Å². The van der Waals surface area contributed by atoms with E-state index in [-0.39, 0.29) is 11.5 Å². The molecule has 1 heterocycles. The average molecular weight is 362 g/mol. The van der Waals surface area contributed by atoms with Gasteiger partial charge in [-0.15, -0.1) is 0 Å². The maximum Gasteiger partial charge on any atom is 0.248 e. The van der Waals surface area contributed by atoms with Crippen LogP contribution in [0.5, 0.6) is 11.5 Å². The summed E-state index contributed by atoms with van der Waals surface area (Å²) in [7, 11) is 0. The first-order valence-electron chi connectivity index (χ1n) is 7.73. The highest BCUT2D eigenvalue weighted by Gasteiger charge is 1.98. The van der Waals surface area contributed by atoms with Gasteiger partial charge >= 0.3 is 0 Å². The number of primary amides is 2. The first kappa shape index (κ1) is 20.9. The molecule has 2 amide bonds. The van der Waals surface area contributed by atoms with Crippen LogP contribution >= 0.6 is 0 Å². The van der Waals surface area contributed by atoms with Gasteiger partial charge in [-0.05, 0) is 48.5 Å². The Bertz CT molecular complexity index is 615. The highest BCUT2D eigenvalue weighted by atomic mass is 16.6. The van der Waals surface area contributed by atoms with Crippen LogP contribution in [0, 0.1) is 0 Å². The van der Waals surface area contributed by atoms with E-state index in [0.717, 1.165) is 26.4 Å². The number of rotatable bonds is 2. The van der Waals surface area contributed by atoms with Crippen LogP contribution in [0.25, 0.3) is 0 Å². The normalized spacial score (nSPS) is 12.6. The number of phenols is 2. The first-order valence-corrected chi connectivity index (χ1v) is 7.73. The van der Waals surface area contributed by atoms with E-state index < -0.39 is 11.8 Å². The van der Waals surface area contributed by atoms with Gasteiger partial charge in [0.15, 0.2) is 0 Å². The van der Waals surface area contributed by atoms with Crippen molar-refractivity contribution in [2.75, 3.05) is 26.4 Å². The van der Waals surface area contributed by atoms with Crippen molar-refractivity contribution in [1.29, 1.82) is 0 Å². The molecule has 26 heavy (non-hydrogen) atoms. The molecule has 0 unspecified atom stereocenters. The number of benzene rings is 2. The molecule has 0 aromatic heterocycles. The van der Waals surface area contributed by atoms with Crippen molar-refractivity contribution < 1.29 is 29.3 Å². The molecule has 140 valence electrons. The zero-order valence-electron chi connectivity index (χ0n) is 14.1. The van der Waals surface area contributed by atoms with E-state index in [1.807, 2.05) is 0 Å². The van der Waals surface area contributed by atoms with E-state index in [1.165, 1.54) is 48.5 Å². The van der Waals surface area contributed by atoms with Crippen molar-refractivity contribution in [1.82, 2.24) is 0 Å². The Kier molecular flexibility index (Phi) is 9.23. The van der Waals surface area contributed by atoms with Crippen LogP contribution in [0.4, 0.5) is 0 Å². The summed E-state index contributed by atoms with van der Waals surface area (Å²) in [6, 6.07) is 11.5. The largest absolute Gasteiger partial charge is 0.508 e. The van der Waals surface area contributed by atoms with Crippen LogP contribution in [-0.4, -0.2) is 48.5 Å². The molecule has 1 fully saturated rings. The van der Waals surface area contributed by atoms with Crippen molar-refractivity contribution in [2.45, 2.75) is 0 Å². The highest BCUT2D eigenvalue weighted by Crippen LogP contribution is 2.09. The number of hydrogen-bond donors (Lipinski definition) is 4. The van der Waals surface area contributed by atoms with E-state index >= 15 is 0 Å².